The highest BCUT2D eigenvalue weighted by atomic mass is 15.2. The van der Waals surface area contributed by atoms with Crippen LogP contribution < -0.4 is 9.80 Å². The van der Waals surface area contributed by atoms with Crippen LogP contribution in [-0.2, 0) is 10.8 Å². The molecule has 2 heteroatoms. The fourth-order valence-electron chi connectivity index (χ4n) is 10.8. The van der Waals surface area contributed by atoms with Crippen LogP contribution in [0.2, 0.25) is 0 Å². The van der Waals surface area contributed by atoms with Crippen molar-refractivity contribution in [2.24, 2.45) is 0 Å². The summed E-state index contributed by atoms with van der Waals surface area (Å²) < 4.78 is 0. The zero-order valence-electron chi connectivity index (χ0n) is 36.7. The molecule has 0 saturated heterocycles. The Morgan fingerprint density at radius 3 is 1.73 bits per heavy atom. The summed E-state index contributed by atoms with van der Waals surface area (Å²) in [6, 6.07) is 81.1. The Bertz CT molecular complexity index is 3450. The SMILES string of the molecule is CC1(C)c2ccccc2-c2ccc(N(c3ccc(-c4ccccc4)cc3)c3ccc4ccccc4c3N3c4ccccc4C(C)(C)c4cc(-c5ccc6ccccc6c5)ccc43)cc21. The van der Waals surface area contributed by atoms with E-state index < -0.39 is 0 Å². The molecule has 2 aliphatic rings. The molecule has 0 fully saturated rings. The van der Waals surface area contributed by atoms with Crippen LogP contribution in [0.25, 0.3) is 54.9 Å². The molecule has 1 aliphatic heterocycles. The van der Waals surface area contributed by atoms with Gasteiger partial charge in [-0.25, -0.2) is 0 Å². The maximum Gasteiger partial charge on any atom is 0.0781 e. The lowest BCUT2D eigenvalue weighted by molar-refractivity contribution is 0.632. The predicted molar refractivity (Wildman–Crippen MR) is 271 cm³/mol. The summed E-state index contributed by atoms with van der Waals surface area (Å²) in [4.78, 5) is 5.07. The average molecular weight is 821 g/mol. The minimum absolute atomic E-state index is 0.157. The molecule has 0 unspecified atom stereocenters. The van der Waals surface area contributed by atoms with Crippen LogP contribution >= 0.6 is 0 Å². The van der Waals surface area contributed by atoms with Crippen LogP contribution in [0.3, 0.4) is 0 Å². The quantitative estimate of drug-likeness (QED) is 0.165. The number of anilines is 6. The summed E-state index contributed by atoms with van der Waals surface area (Å²) >= 11 is 0. The Labute approximate surface area is 376 Å². The Morgan fingerprint density at radius 2 is 0.906 bits per heavy atom. The topological polar surface area (TPSA) is 6.48 Å². The molecule has 0 aromatic heterocycles. The number of benzene rings is 10. The van der Waals surface area contributed by atoms with Gasteiger partial charge in [-0.1, -0.05) is 191 Å². The van der Waals surface area contributed by atoms with Crippen molar-refractivity contribution in [3.63, 3.8) is 0 Å². The van der Waals surface area contributed by atoms with Crippen LogP contribution in [0.5, 0.6) is 0 Å². The first-order valence-corrected chi connectivity index (χ1v) is 22.5. The van der Waals surface area contributed by atoms with Crippen LogP contribution in [0, 0.1) is 0 Å². The molecule has 10 aromatic rings. The predicted octanol–water partition coefficient (Wildman–Crippen LogP) is 17.2. The van der Waals surface area contributed by atoms with Gasteiger partial charge in [0, 0.05) is 27.6 Å². The molecule has 0 bridgehead atoms. The molecular formula is C62H48N2. The van der Waals surface area contributed by atoms with E-state index in [9.17, 15) is 0 Å². The van der Waals surface area contributed by atoms with Gasteiger partial charge in [0.15, 0.2) is 0 Å². The zero-order valence-corrected chi connectivity index (χ0v) is 36.7. The number of hydrogen-bond acceptors (Lipinski definition) is 2. The van der Waals surface area contributed by atoms with E-state index in [2.05, 4.69) is 256 Å². The lowest BCUT2D eigenvalue weighted by Crippen LogP contribution is -2.31. The van der Waals surface area contributed by atoms with Gasteiger partial charge < -0.3 is 9.80 Å². The minimum Gasteiger partial charge on any atom is -0.308 e. The fraction of sp³-hybridized carbons (Fsp3) is 0.0968. The highest BCUT2D eigenvalue weighted by Gasteiger charge is 2.40. The van der Waals surface area contributed by atoms with E-state index in [0.29, 0.717) is 0 Å². The molecule has 12 rings (SSSR count). The van der Waals surface area contributed by atoms with Gasteiger partial charge in [0.2, 0.25) is 0 Å². The second-order valence-corrected chi connectivity index (χ2v) is 18.6. The number of nitrogens with zero attached hydrogens (tertiary/aromatic N) is 2. The average Bonchev–Trinajstić information content (AvgIpc) is 3.57. The normalized spacial score (nSPS) is 14.2. The third kappa shape index (κ3) is 5.86. The van der Waals surface area contributed by atoms with E-state index in [1.165, 1.54) is 88.6 Å². The van der Waals surface area contributed by atoms with Crippen molar-refractivity contribution < 1.29 is 0 Å². The van der Waals surface area contributed by atoms with E-state index in [-0.39, 0.29) is 10.8 Å². The monoisotopic (exact) mass is 820 g/mol. The lowest BCUT2D eigenvalue weighted by atomic mass is 9.72. The molecule has 0 radical (unpaired) electrons. The van der Waals surface area contributed by atoms with Crippen molar-refractivity contribution >= 4 is 55.7 Å². The first-order valence-electron chi connectivity index (χ1n) is 22.5. The molecule has 0 saturated carbocycles. The van der Waals surface area contributed by atoms with Crippen LogP contribution in [-0.4, -0.2) is 0 Å². The first kappa shape index (κ1) is 38.0. The standard InChI is InChI=1S/C62H48N2/c1-61(2)53-23-13-12-22-51(53)52-35-34-49(40-55(52)61)63(48-32-28-43(29-33-48)41-16-6-5-7-17-41)59-37-30-44-19-10-11-21-50(44)60(59)64-57-25-15-14-24-54(57)62(3,4)56-39-47(31-36-58(56)64)46-27-26-42-18-8-9-20-45(42)38-46/h5-40H,1-4H3. The van der Waals surface area contributed by atoms with Gasteiger partial charge in [-0.3, -0.25) is 0 Å². The van der Waals surface area contributed by atoms with Gasteiger partial charge in [0.25, 0.3) is 0 Å². The Balaban J connectivity index is 1.11. The molecule has 0 spiro atoms. The van der Waals surface area contributed by atoms with Crippen molar-refractivity contribution in [2.45, 2.75) is 38.5 Å². The third-order valence-corrected chi connectivity index (χ3v) is 14.2. The van der Waals surface area contributed by atoms with E-state index in [1.54, 1.807) is 0 Å². The van der Waals surface area contributed by atoms with Crippen molar-refractivity contribution in [1.29, 1.82) is 0 Å². The summed E-state index contributed by atoms with van der Waals surface area (Å²) in [5, 5.41) is 4.89. The summed E-state index contributed by atoms with van der Waals surface area (Å²) in [7, 11) is 0. The first-order chi connectivity index (χ1) is 31.3. The fourth-order valence-corrected chi connectivity index (χ4v) is 10.8. The lowest BCUT2D eigenvalue weighted by Gasteiger charge is -2.44. The van der Waals surface area contributed by atoms with Gasteiger partial charge in [-0.05, 0) is 126 Å². The van der Waals surface area contributed by atoms with E-state index in [4.69, 9.17) is 0 Å². The highest BCUT2D eigenvalue weighted by molar-refractivity contribution is 6.09. The second-order valence-electron chi connectivity index (χ2n) is 18.6. The summed E-state index contributed by atoms with van der Waals surface area (Å²) in [5.74, 6) is 0. The summed E-state index contributed by atoms with van der Waals surface area (Å²) in [6.45, 7) is 9.52. The van der Waals surface area contributed by atoms with Crippen LogP contribution in [0.4, 0.5) is 34.1 Å². The van der Waals surface area contributed by atoms with Gasteiger partial charge >= 0.3 is 0 Å². The molecule has 10 aromatic carbocycles. The molecule has 2 nitrogen and oxygen atoms in total. The number of hydrogen-bond donors (Lipinski definition) is 0. The largest absolute Gasteiger partial charge is 0.308 e. The third-order valence-electron chi connectivity index (χ3n) is 14.2. The molecule has 0 amide bonds. The maximum absolute atomic E-state index is 2.57. The molecule has 1 aliphatic carbocycles. The smallest absolute Gasteiger partial charge is 0.0781 e. The molecule has 0 N–H and O–H groups in total. The Morgan fingerprint density at radius 1 is 0.344 bits per heavy atom. The maximum atomic E-state index is 2.57. The van der Waals surface area contributed by atoms with Gasteiger partial charge in [-0.2, -0.15) is 0 Å². The summed E-state index contributed by atoms with van der Waals surface area (Å²) in [6.07, 6.45) is 0. The highest BCUT2D eigenvalue weighted by Crippen LogP contribution is 2.58. The van der Waals surface area contributed by atoms with Crippen LogP contribution in [0.15, 0.2) is 218 Å². The minimum atomic E-state index is -0.270. The van der Waals surface area contributed by atoms with Gasteiger partial charge in [0.1, 0.15) is 0 Å². The van der Waals surface area contributed by atoms with E-state index in [1.807, 2.05) is 0 Å². The van der Waals surface area contributed by atoms with Crippen molar-refractivity contribution in [1.82, 2.24) is 0 Å². The Hall–Kier alpha value is -7.68. The molecule has 1 heterocycles. The van der Waals surface area contributed by atoms with E-state index in [0.717, 1.165) is 22.7 Å². The van der Waals surface area contributed by atoms with Crippen molar-refractivity contribution in [2.75, 3.05) is 9.80 Å². The van der Waals surface area contributed by atoms with Crippen molar-refractivity contribution in [3.05, 3.63) is 241 Å². The molecule has 64 heavy (non-hydrogen) atoms. The van der Waals surface area contributed by atoms with Crippen molar-refractivity contribution in [3.8, 4) is 33.4 Å². The second kappa shape index (κ2) is 14.4. The zero-order chi connectivity index (χ0) is 43.2. The number of rotatable bonds is 6. The summed E-state index contributed by atoms with van der Waals surface area (Å²) in [5.41, 5.74) is 19.2. The van der Waals surface area contributed by atoms with Gasteiger partial charge in [0.05, 0.1) is 22.7 Å². The van der Waals surface area contributed by atoms with E-state index >= 15 is 0 Å². The van der Waals surface area contributed by atoms with Crippen LogP contribution in [0.1, 0.15) is 49.9 Å². The number of fused-ring (bicyclic) bond motifs is 7. The molecular weight excluding hydrogens is 773 g/mol. The molecule has 306 valence electrons. The Kier molecular flexibility index (Phi) is 8.58. The van der Waals surface area contributed by atoms with Gasteiger partial charge in [-0.15, -0.1) is 0 Å². The molecule has 0 atom stereocenters. The number of para-hydroxylation sites is 1.